The number of rotatable bonds is 6. The number of carbonyl (C=O) groups is 3. The standard InChI is InChI=1S/C17H29N3O4S/c1-12(2)9-18-16(24)20-6-3-4-13(10-20)8-14(21)19-17(15(22)23)5-7-25-11-17/h12-13H,3-11H2,1-2H3,(H,18,24)(H,19,21)(H,22,23). The molecule has 3 N–H and O–H groups in total. The molecule has 2 unspecified atom stereocenters. The van der Waals surface area contributed by atoms with Crippen LogP contribution in [-0.2, 0) is 9.59 Å². The van der Waals surface area contributed by atoms with Gasteiger partial charge in [-0.25, -0.2) is 9.59 Å². The van der Waals surface area contributed by atoms with Crippen LogP contribution in [0.4, 0.5) is 4.79 Å². The second kappa shape index (κ2) is 8.78. The van der Waals surface area contributed by atoms with Gasteiger partial charge in [0.1, 0.15) is 5.54 Å². The van der Waals surface area contributed by atoms with E-state index in [2.05, 4.69) is 10.6 Å². The lowest BCUT2D eigenvalue weighted by atomic mass is 9.93. The monoisotopic (exact) mass is 371 g/mol. The fourth-order valence-corrected chi connectivity index (χ4v) is 4.61. The maximum absolute atomic E-state index is 12.4. The van der Waals surface area contributed by atoms with Crippen LogP contribution >= 0.6 is 11.8 Å². The second-order valence-electron chi connectivity index (χ2n) is 7.48. The number of thioether (sulfide) groups is 1. The van der Waals surface area contributed by atoms with Crippen molar-refractivity contribution in [1.29, 1.82) is 0 Å². The summed E-state index contributed by atoms with van der Waals surface area (Å²) < 4.78 is 0. The van der Waals surface area contributed by atoms with Gasteiger partial charge < -0.3 is 20.6 Å². The third-order valence-electron chi connectivity index (χ3n) is 4.75. The minimum atomic E-state index is -1.12. The molecule has 7 nitrogen and oxygen atoms in total. The van der Waals surface area contributed by atoms with Crippen LogP contribution in [0.5, 0.6) is 0 Å². The van der Waals surface area contributed by atoms with Gasteiger partial charge in [0.25, 0.3) is 0 Å². The minimum absolute atomic E-state index is 0.0759. The Morgan fingerprint density at radius 1 is 1.36 bits per heavy atom. The maximum atomic E-state index is 12.4. The molecule has 2 fully saturated rings. The van der Waals surface area contributed by atoms with Crippen LogP contribution in [0.25, 0.3) is 0 Å². The van der Waals surface area contributed by atoms with Crippen molar-refractivity contribution in [3.8, 4) is 0 Å². The Morgan fingerprint density at radius 3 is 2.72 bits per heavy atom. The molecule has 0 bridgehead atoms. The summed E-state index contributed by atoms with van der Waals surface area (Å²) in [4.78, 5) is 37.8. The average molecular weight is 372 g/mol. The lowest BCUT2D eigenvalue weighted by molar-refractivity contribution is -0.146. The highest BCUT2D eigenvalue weighted by Crippen LogP contribution is 2.29. The molecule has 2 rings (SSSR count). The SMILES string of the molecule is CC(C)CNC(=O)N1CCCC(CC(=O)NC2(C(=O)O)CCSC2)C1. The van der Waals surface area contributed by atoms with Gasteiger partial charge in [0.15, 0.2) is 0 Å². The van der Waals surface area contributed by atoms with Gasteiger partial charge in [-0.05, 0) is 36.9 Å². The summed E-state index contributed by atoms with van der Waals surface area (Å²) in [6.45, 7) is 5.98. The fraction of sp³-hybridized carbons (Fsp3) is 0.824. The smallest absolute Gasteiger partial charge is 0.330 e. The molecule has 0 aromatic carbocycles. The average Bonchev–Trinajstić information content (AvgIpc) is 3.02. The van der Waals surface area contributed by atoms with E-state index in [1.54, 1.807) is 16.7 Å². The predicted octanol–water partition coefficient (Wildman–Crippen LogP) is 1.53. The highest BCUT2D eigenvalue weighted by molar-refractivity contribution is 7.99. The first-order valence-corrected chi connectivity index (χ1v) is 10.1. The van der Waals surface area contributed by atoms with Crippen molar-refractivity contribution < 1.29 is 19.5 Å². The van der Waals surface area contributed by atoms with Crippen LogP contribution in [0.15, 0.2) is 0 Å². The summed E-state index contributed by atoms with van der Waals surface area (Å²) in [5, 5.41) is 15.1. The van der Waals surface area contributed by atoms with Crippen molar-refractivity contribution in [2.75, 3.05) is 31.1 Å². The fourth-order valence-electron chi connectivity index (χ4n) is 3.29. The number of carboxylic acid groups (broad SMARTS) is 1. The first kappa shape index (κ1) is 19.9. The van der Waals surface area contributed by atoms with E-state index in [1.807, 2.05) is 13.8 Å². The first-order chi connectivity index (χ1) is 11.8. The Balaban J connectivity index is 1.84. The Morgan fingerprint density at radius 2 is 2.12 bits per heavy atom. The topological polar surface area (TPSA) is 98.7 Å². The molecule has 2 aliphatic heterocycles. The van der Waals surface area contributed by atoms with E-state index < -0.39 is 11.5 Å². The third kappa shape index (κ3) is 5.52. The number of nitrogens with zero attached hydrogens (tertiary/aromatic N) is 1. The van der Waals surface area contributed by atoms with Crippen molar-refractivity contribution in [1.82, 2.24) is 15.5 Å². The van der Waals surface area contributed by atoms with Crippen LogP contribution < -0.4 is 10.6 Å². The van der Waals surface area contributed by atoms with E-state index in [1.165, 1.54) is 0 Å². The van der Waals surface area contributed by atoms with Gasteiger partial charge in [-0.15, -0.1) is 0 Å². The molecular formula is C17H29N3O4S. The highest BCUT2D eigenvalue weighted by atomic mass is 32.2. The zero-order valence-corrected chi connectivity index (χ0v) is 15.9. The van der Waals surface area contributed by atoms with E-state index >= 15 is 0 Å². The molecule has 3 amide bonds. The van der Waals surface area contributed by atoms with E-state index in [9.17, 15) is 19.5 Å². The van der Waals surface area contributed by atoms with Gasteiger partial charge in [-0.1, -0.05) is 13.8 Å². The molecule has 0 radical (unpaired) electrons. The number of piperidine rings is 1. The molecule has 2 heterocycles. The van der Waals surface area contributed by atoms with Crippen molar-refractivity contribution >= 4 is 29.7 Å². The van der Waals surface area contributed by atoms with Gasteiger partial charge in [0.05, 0.1) is 0 Å². The highest BCUT2D eigenvalue weighted by Gasteiger charge is 2.43. The molecule has 0 spiro atoms. The summed E-state index contributed by atoms with van der Waals surface area (Å²) in [5.74, 6) is 0.469. The van der Waals surface area contributed by atoms with Crippen LogP contribution in [-0.4, -0.2) is 64.6 Å². The summed E-state index contributed by atoms with van der Waals surface area (Å²) in [7, 11) is 0. The third-order valence-corrected chi connectivity index (χ3v) is 5.94. The van der Waals surface area contributed by atoms with Gasteiger partial charge in [-0.3, -0.25) is 4.79 Å². The van der Waals surface area contributed by atoms with Crippen molar-refractivity contribution in [2.45, 2.75) is 45.1 Å². The number of carbonyl (C=O) groups excluding carboxylic acids is 2. The molecule has 0 aliphatic carbocycles. The number of aliphatic carboxylic acids is 1. The normalized spacial score (nSPS) is 26.5. The Kier molecular flexibility index (Phi) is 6.98. The van der Waals surface area contributed by atoms with Crippen molar-refractivity contribution in [2.24, 2.45) is 11.8 Å². The molecule has 0 aromatic rings. The zero-order chi connectivity index (χ0) is 18.4. The minimum Gasteiger partial charge on any atom is -0.479 e. The first-order valence-electron chi connectivity index (χ1n) is 8.97. The van der Waals surface area contributed by atoms with E-state index in [4.69, 9.17) is 0 Å². The molecule has 8 heteroatoms. The lowest BCUT2D eigenvalue weighted by Crippen LogP contribution is -2.55. The van der Waals surface area contributed by atoms with Gasteiger partial charge in [-0.2, -0.15) is 11.8 Å². The molecule has 2 aliphatic rings. The summed E-state index contributed by atoms with van der Waals surface area (Å²) in [6, 6.07) is -0.0759. The summed E-state index contributed by atoms with van der Waals surface area (Å²) >= 11 is 1.55. The largest absolute Gasteiger partial charge is 0.479 e. The molecule has 142 valence electrons. The number of hydrogen-bond acceptors (Lipinski definition) is 4. The van der Waals surface area contributed by atoms with Crippen LogP contribution in [0, 0.1) is 11.8 Å². The van der Waals surface area contributed by atoms with Gasteiger partial charge in [0.2, 0.25) is 5.91 Å². The number of amides is 3. The van der Waals surface area contributed by atoms with Gasteiger partial charge >= 0.3 is 12.0 Å². The van der Waals surface area contributed by atoms with E-state index in [0.29, 0.717) is 37.7 Å². The molecule has 0 aromatic heterocycles. The number of hydrogen-bond donors (Lipinski definition) is 3. The van der Waals surface area contributed by atoms with Crippen molar-refractivity contribution in [3.05, 3.63) is 0 Å². The maximum Gasteiger partial charge on any atom is 0.330 e. The van der Waals surface area contributed by atoms with Crippen molar-refractivity contribution in [3.63, 3.8) is 0 Å². The van der Waals surface area contributed by atoms with Crippen LogP contribution in [0.1, 0.15) is 39.5 Å². The number of carboxylic acids is 1. The summed E-state index contributed by atoms with van der Waals surface area (Å²) in [6.07, 6.45) is 2.49. The number of likely N-dealkylation sites (tertiary alicyclic amines) is 1. The molecule has 0 saturated carbocycles. The van der Waals surface area contributed by atoms with E-state index in [-0.39, 0.29) is 24.3 Å². The summed E-state index contributed by atoms with van der Waals surface area (Å²) in [5.41, 5.74) is -1.12. The molecular weight excluding hydrogens is 342 g/mol. The Labute approximate surface area is 153 Å². The lowest BCUT2D eigenvalue weighted by Gasteiger charge is -2.33. The number of urea groups is 1. The number of nitrogens with one attached hydrogen (secondary N) is 2. The van der Waals surface area contributed by atoms with E-state index in [0.717, 1.165) is 18.6 Å². The molecule has 2 atom stereocenters. The zero-order valence-electron chi connectivity index (χ0n) is 15.0. The van der Waals surface area contributed by atoms with Gasteiger partial charge in [0, 0.05) is 31.8 Å². The van der Waals surface area contributed by atoms with Crippen LogP contribution in [0.2, 0.25) is 0 Å². The van der Waals surface area contributed by atoms with Crippen LogP contribution in [0.3, 0.4) is 0 Å². The quantitative estimate of drug-likeness (QED) is 0.658. The molecule has 25 heavy (non-hydrogen) atoms. The predicted molar refractivity (Wildman–Crippen MR) is 97.6 cm³/mol. The Bertz CT molecular complexity index is 506. The Hall–Kier alpha value is -1.44. The molecule has 2 saturated heterocycles. The second-order valence-corrected chi connectivity index (χ2v) is 8.58.